The maximum atomic E-state index is 12.7. The van der Waals surface area contributed by atoms with Crippen LogP contribution in [0, 0.1) is 0 Å². The standard InChI is InChI=1S/C25H25N7O2/c33-22-16-32(14-11-27-22)24-23(18-5-2-1-3-6-18)29-21-15-19(7-8-20(21)30-24)25(34)28-9-4-12-31-13-10-26-17-31/h1-3,5-8,10,13,15,17H,4,9,11-12,14,16H2,(H,27,33)(H,28,34). The van der Waals surface area contributed by atoms with Crippen LogP contribution in [0.25, 0.3) is 22.3 Å². The molecule has 0 spiro atoms. The zero-order valence-electron chi connectivity index (χ0n) is 18.6. The molecule has 3 heterocycles. The molecule has 34 heavy (non-hydrogen) atoms. The second-order valence-corrected chi connectivity index (χ2v) is 8.15. The Labute approximate surface area is 196 Å². The van der Waals surface area contributed by atoms with Crippen LogP contribution in [0.4, 0.5) is 5.82 Å². The van der Waals surface area contributed by atoms with Crippen LogP contribution in [-0.4, -0.2) is 57.5 Å². The second-order valence-electron chi connectivity index (χ2n) is 8.15. The fourth-order valence-corrected chi connectivity index (χ4v) is 4.00. The maximum Gasteiger partial charge on any atom is 0.251 e. The van der Waals surface area contributed by atoms with Crippen LogP contribution in [-0.2, 0) is 11.3 Å². The van der Waals surface area contributed by atoms with Gasteiger partial charge in [-0.15, -0.1) is 0 Å². The number of aryl methyl sites for hydroxylation is 1. The number of aromatic nitrogens is 4. The van der Waals surface area contributed by atoms with Gasteiger partial charge in [0.2, 0.25) is 5.91 Å². The lowest BCUT2D eigenvalue weighted by molar-refractivity contribution is -0.120. The number of carbonyl (C=O) groups is 2. The normalized spacial score (nSPS) is 13.6. The first-order valence-electron chi connectivity index (χ1n) is 11.3. The highest BCUT2D eigenvalue weighted by molar-refractivity contribution is 5.98. The van der Waals surface area contributed by atoms with Gasteiger partial charge in [0.25, 0.3) is 5.91 Å². The second kappa shape index (κ2) is 9.70. The molecule has 1 fully saturated rings. The summed E-state index contributed by atoms with van der Waals surface area (Å²) in [7, 11) is 0. The number of nitrogens with zero attached hydrogens (tertiary/aromatic N) is 5. The minimum absolute atomic E-state index is 0.0350. The minimum Gasteiger partial charge on any atom is -0.353 e. The van der Waals surface area contributed by atoms with Crippen LogP contribution in [0.15, 0.2) is 67.3 Å². The third kappa shape index (κ3) is 4.73. The average molecular weight is 456 g/mol. The largest absolute Gasteiger partial charge is 0.353 e. The highest BCUT2D eigenvalue weighted by Gasteiger charge is 2.23. The van der Waals surface area contributed by atoms with Crippen molar-refractivity contribution >= 4 is 28.7 Å². The third-order valence-electron chi connectivity index (χ3n) is 5.73. The first kappa shape index (κ1) is 21.6. The SMILES string of the molecule is O=C1CN(c2nc3ccc(C(=O)NCCCn4ccnc4)cc3nc2-c2ccccc2)CCN1. The van der Waals surface area contributed by atoms with E-state index in [9.17, 15) is 9.59 Å². The van der Waals surface area contributed by atoms with Crippen molar-refractivity contribution in [2.45, 2.75) is 13.0 Å². The molecule has 2 aromatic heterocycles. The van der Waals surface area contributed by atoms with Crippen LogP contribution in [0.1, 0.15) is 16.8 Å². The quantitative estimate of drug-likeness (QED) is 0.414. The molecule has 1 aliphatic rings. The van der Waals surface area contributed by atoms with E-state index in [4.69, 9.17) is 9.97 Å². The first-order valence-corrected chi connectivity index (χ1v) is 11.3. The van der Waals surface area contributed by atoms with Gasteiger partial charge in [0.05, 0.1) is 23.9 Å². The molecule has 0 atom stereocenters. The summed E-state index contributed by atoms with van der Waals surface area (Å²) in [5.74, 6) is 0.491. The van der Waals surface area contributed by atoms with E-state index in [2.05, 4.69) is 15.6 Å². The zero-order valence-corrected chi connectivity index (χ0v) is 18.6. The Bertz CT molecular complexity index is 1310. The topological polar surface area (TPSA) is 105 Å². The molecule has 0 unspecified atom stereocenters. The van der Waals surface area contributed by atoms with Gasteiger partial charge in [-0.05, 0) is 24.6 Å². The molecule has 1 aliphatic heterocycles. The minimum atomic E-state index is -0.146. The van der Waals surface area contributed by atoms with Gasteiger partial charge in [-0.1, -0.05) is 30.3 Å². The summed E-state index contributed by atoms with van der Waals surface area (Å²) in [4.78, 5) is 40.5. The Balaban J connectivity index is 1.40. The summed E-state index contributed by atoms with van der Waals surface area (Å²) in [5.41, 5.74) is 3.45. The molecule has 0 saturated carbocycles. The number of hydrogen-bond donors (Lipinski definition) is 2. The zero-order chi connectivity index (χ0) is 23.3. The number of piperazine rings is 1. The molecule has 0 aliphatic carbocycles. The fraction of sp³-hybridized carbons (Fsp3) is 0.240. The molecule has 9 nitrogen and oxygen atoms in total. The number of imidazole rings is 1. The van der Waals surface area contributed by atoms with Crippen LogP contribution >= 0.6 is 0 Å². The maximum absolute atomic E-state index is 12.7. The van der Waals surface area contributed by atoms with Gasteiger partial charge in [-0.25, -0.2) is 15.0 Å². The molecule has 1 saturated heterocycles. The highest BCUT2D eigenvalue weighted by atomic mass is 16.2. The van der Waals surface area contributed by atoms with Gasteiger partial charge in [-0.3, -0.25) is 9.59 Å². The Morgan fingerprint density at radius 3 is 2.76 bits per heavy atom. The Morgan fingerprint density at radius 1 is 1.09 bits per heavy atom. The Kier molecular flexibility index (Phi) is 6.15. The summed E-state index contributed by atoms with van der Waals surface area (Å²) in [6.07, 6.45) is 6.21. The molecule has 172 valence electrons. The van der Waals surface area contributed by atoms with Crippen LogP contribution < -0.4 is 15.5 Å². The lowest BCUT2D eigenvalue weighted by Crippen LogP contribution is -2.48. The third-order valence-corrected chi connectivity index (χ3v) is 5.73. The first-order chi connectivity index (χ1) is 16.7. The molecule has 0 radical (unpaired) electrons. The fourth-order valence-electron chi connectivity index (χ4n) is 4.00. The number of fused-ring (bicyclic) bond motifs is 1. The van der Waals surface area contributed by atoms with E-state index in [1.54, 1.807) is 24.7 Å². The van der Waals surface area contributed by atoms with E-state index in [0.717, 1.165) is 18.5 Å². The van der Waals surface area contributed by atoms with Crippen molar-refractivity contribution in [3.8, 4) is 11.3 Å². The molecule has 2 N–H and O–H groups in total. The van der Waals surface area contributed by atoms with Crippen molar-refractivity contribution in [2.75, 3.05) is 31.1 Å². The molecule has 0 bridgehead atoms. The van der Waals surface area contributed by atoms with E-state index in [0.29, 0.717) is 47.7 Å². The van der Waals surface area contributed by atoms with Crippen LogP contribution in [0.2, 0.25) is 0 Å². The number of hydrogen-bond acceptors (Lipinski definition) is 6. The van der Waals surface area contributed by atoms with Crippen molar-refractivity contribution in [1.29, 1.82) is 0 Å². The molecular weight excluding hydrogens is 430 g/mol. The van der Waals surface area contributed by atoms with E-state index < -0.39 is 0 Å². The monoisotopic (exact) mass is 455 g/mol. The summed E-state index contributed by atoms with van der Waals surface area (Å²) < 4.78 is 1.98. The van der Waals surface area contributed by atoms with Gasteiger partial charge in [0.1, 0.15) is 5.69 Å². The van der Waals surface area contributed by atoms with Gasteiger partial charge in [-0.2, -0.15) is 0 Å². The van der Waals surface area contributed by atoms with E-state index in [-0.39, 0.29) is 18.4 Å². The van der Waals surface area contributed by atoms with Crippen molar-refractivity contribution in [2.24, 2.45) is 0 Å². The van der Waals surface area contributed by atoms with Crippen LogP contribution in [0.3, 0.4) is 0 Å². The van der Waals surface area contributed by atoms with E-state index in [1.165, 1.54) is 0 Å². The predicted molar refractivity (Wildman–Crippen MR) is 129 cm³/mol. The molecule has 9 heteroatoms. The molecule has 2 amide bonds. The van der Waals surface area contributed by atoms with Gasteiger partial charge >= 0.3 is 0 Å². The van der Waals surface area contributed by atoms with Gasteiger partial charge in [0, 0.05) is 49.7 Å². The summed E-state index contributed by atoms with van der Waals surface area (Å²) in [6, 6.07) is 15.1. The number of carbonyl (C=O) groups excluding carboxylic acids is 2. The summed E-state index contributed by atoms with van der Waals surface area (Å²) in [5, 5.41) is 5.82. The number of anilines is 1. The van der Waals surface area contributed by atoms with Crippen molar-refractivity contribution in [3.05, 3.63) is 72.8 Å². The predicted octanol–water partition coefficient (Wildman–Crippen LogP) is 2.25. The number of nitrogens with one attached hydrogen (secondary N) is 2. The number of amides is 2. The number of benzene rings is 2. The molecular formula is C25H25N7O2. The lowest BCUT2D eigenvalue weighted by Gasteiger charge is -2.29. The molecule has 5 rings (SSSR count). The van der Waals surface area contributed by atoms with Crippen molar-refractivity contribution in [1.82, 2.24) is 30.2 Å². The average Bonchev–Trinajstić information content (AvgIpc) is 3.39. The van der Waals surface area contributed by atoms with E-state index >= 15 is 0 Å². The number of rotatable bonds is 7. The van der Waals surface area contributed by atoms with Crippen LogP contribution in [0.5, 0.6) is 0 Å². The van der Waals surface area contributed by atoms with E-state index in [1.807, 2.05) is 52.1 Å². The van der Waals surface area contributed by atoms with Gasteiger partial charge in [0.15, 0.2) is 5.82 Å². The molecule has 2 aromatic carbocycles. The van der Waals surface area contributed by atoms with Crippen molar-refractivity contribution < 1.29 is 9.59 Å². The summed E-state index contributed by atoms with van der Waals surface area (Å²) in [6.45, 7) is 2.81. The smallest absolute Gasteiger partial charge is 0.251 e. The Hall–Kier alpha value is -4.27. The Morgan fingerprint density at radius 2 is 1.97 bits per heavy atom. The molecule has 4 aromatic rings. The van der Waals surface area contributed by atoms with Crippen molar-refractivity contribution in [3.63, 3.8) is 0 Å². The van der Waals surface area contributed by atoms with Gasteiger partial charge < -0.3 is 20.1 Å². The highest BCUT2D eigenvalue weighted by Crippen LogP contribution is 2.30. The summed E-state index contributed by atoms with van der Waals surface area (Å²) >= 11 is 0. The lowest BCUT2D eigenvalue weighted by atomic mass is 10.1.